The van der Waals surface area contributed by atoms with Gasteiger partial charge in [0.2, 0.25) is 0 Å². The lowest BCUT2D eigenvalue weighted by Gasteiger charge is -2.19. The third-order valence-corrected chi connectivity index (χ3v) is 4.14. The van der Waals surface area contributed by atoms with Crippen LogP contribution in [0.5, 0.6) is 0 Å². The van der Waals surface area contributed by atoms with Crippen LogP contribution in [0.3, 0.4) is 0 Å². The summed E-state index contributed by atoms with van der Waals surface area (Å²) in [6.45, 7) is 6.64. The van der Waals surface area contributed by atoms with Crippen LogP contribution in [0.1, 0.15) is 56.2 Å². The Morgan fingerprint density at radius 3 is 2.14 bits per heavy atom. The van der Waals surface area contributed by atoms with Crippen LogP contribution in [0, 0.1) is 11.3 Å². The first-order valence-corrected chi connectivity index (χ1v) is 8.04. The van der Waals surface area contributed by atoms with Crippen molar-refractivity contribution < 1.29 is 0 Å². The van der Waals surface area contributed by atoms with E-state index in [2.05, 4.69) is 75.4 Å². The summed E-state index contributed by atoms with van der Waals surface area (Å²) in [4.78, 5) is 0. The number of rotatable bonds is 5. The van der Waals surface area contributed by atoms with Crippen LogP contribution in [-0.2, 0) is 11.8 Å². The van der Waals surface area contributed by atoms with E-state index in [1.54, 1.807) is 0 Å². The molecule has 0 aliphatic rings. The van der Waals surface area contributed by atoms with E-state index in [1.807, 2.05) is 6.07 Å². The van der Waals surface area contributed by atoms with Crippen LogP contribution in [-0.4, -0.2) is 0 Å². The topological polar surface area (TPSA) is 23.8 Å². The average molecular weight is 291 g/mol. The van der Waals surface area contributed by atoms with Crippen LogP contribution in [0.25, 0.3) is 0 Å². The Bertz CT molecular complexity index is 612. The molecule has 0 amide bonds. The van der Waals surface area contributed by atoms with Crippen LogP contribution >= 0.6 is 0 Å². The summed E-state index contributed by atoms with van der Waals surface area (Å²) >= 11 is 0. The molecule has 0 N–H and O–H groups in total. The molecular weight excluding hydrogens is 266 g/mol. The van der Waals surface area contributed by atoms with Crippen molar-refractivity contribution in [3.63, 3.8) is 0 Å². The van der Waals surface area contributed by atoms with Gasteiger partial charge in [-0.3, -0.25) is 0 Å². The quantitative estimate of drug-likeness (QED) is 0.702. The van der Waals surface area contributed by atoms with Gasteiger partial charge < -0.3 is 0 Å². The van der Waals surface area contributed by atoms with Crippen molar-refractivity contribution in [2.45, 2.75) is 51.4 Å². The second-order valence-electron chi connectivity index (χ2n) is 6.93. The van der Waals surface area contributed by atoms with Gasteiger partial charge in [0.25, 0.3) is 0 Å². The molecule has 1 atom stereocenters. The molecule has 0 bridgehead atoms. The van der Waals surface area contributed by atoms with E-state index in [1.165, 1.54) is 11.1 Å². The molecule has 0 saturated heterocycles. The Morgan fingerprint density at radius 1 is 0.955 bits per heavy atom. The van der Waals surface area contributed by atoms with Gasteiger partial charge in [-0.25, -0.2) is 0 Å². The first kappa shape index (κ1) is 16.3. The van der Waals surface area contributed by atoms with Crippen molar-refractivity contribution in [2.75, 3.05) is 0 Å². The summed E-state index contributed by atoms with van der Waals surface area (Å²) < 4.78 is 0. The summed E-state index contributed by atoms with van der Waals surface area (Å²) in [5, 5.41) is 9.46. The highest BCUT2D eigenvalue weighted by Gasteiger charge is 2.15. The number of nitriles is 1. The minimum atomic E-state index is -0.00210. The van der Waals surface area contributed by atoms with Gasteiger partial charge in [-0.05, 0) is 41.4 Å². The second kappa shape index (κ2) is 7.27. The molecule has 2 aromatic rings. The number of nitrogens with zero attached hydrogens (tertiary/aromatic N) is 1. The normalized spacial score (nSPS) is 12.6. The third kappa shape index (κ3) is 4.46. The van der Waals surface area contributed by atoms with E-state index in [4.69, 9.17) is 0 Å². The predicted octanol–water partition coefficient (Wildman–Crippen LogP) is 5.61. The highest BCUT2D eigenvalue weighted by Crippen LogP contribution is 2.26. The number of hydrogen-bond donors (Lipinski definition) is 0. The van der Waals surface area contributed by atoms with Gasteiger partial charge in [-0.15, -0.1) is 0 Å². The molecule has 1 heteroatoms. The molecular formula is C21H25N. The van der Waals surface area contributed by atoms with Gasteiger partial charge in [-0.1, -0.05) is 75.4 Å². The average Bonchev–Trinajstić information content (AvgIpc) is 2.52. The lowest BCUT2D eigenvalue weighted by molar-refractivity contribution is 0.589. The van der Waals surface area contributed by atoms with Gasteiger partial charge in [0.1, 0.15) is 0 Å². The van der Waals surface area contributed by atoms with E-state index in [-0.39, 0.29) is 11.3 Å². The number of aryl methyl sites for hydroxylation is 1. The van der Waals surface area contributed by atoms with Crippen LogP contribution in [0.15, 0.2) is 54.6 Å². The fourth-order valence-electron chi connectivity index (χ4n) is 2.68. The third-order valence-electron chi connectivity index (χ3n) is 4.14. The van der Waals surface area contributed by atoms with E-state index < -0.39 is 0 Å². The molecule has 22 heavy (non-hydrogen) atoms. The fourth-order valence-corrected chi connectivity index (χ4v) is 2.68. The zero-order valence-corrected chi connectivity index (χ0v) is 13.8. The minimum Gasteiger partial charge on any atom is -0.198 e. The monoisotopic (exact) mass is 291 g/mol. The molecule has 0 saturated carbocycles. The van der Waals surface area contributed by atoms with Crippen LogP contribution in [0.2, 0.25) is 0 Å². The summed E-state index contributed by atoms with van der Waals surface area (Å²) in [5.41, 5.74) is 3.97. The molecule has 0 aliphatic heterocycles. The lowest BCUT2D eigenvalue weighted by Crippen LogP contribution is -2.11. The first-order valence-electron chi connectivity index (χ1n) is 8.04. The Balaban J connectivity index is 1.96. The number of benzene rings is 2. The van der Waals surface area contributed by atoms with Crippen LogP contribution < -0.4 is 0 Å². The maximum Gasteiger partial charge on any atom is 0.0712 e. The number of hydrogen-bond acceptors (Lipinski definition) is 1. The van der Waals surface area contributed by atoms with Crippen molar-refractivity contribution in [1.29, 1.82) is 5.26 Å². The van der Waals surface area contributed by atoms with Crippen molar-refractivity contribution in [3.8, 4) is 6.07 Å². The van der Waals surface area contributed by atoms with Crippen molar-refractivity contribution >= 4 is 0 Å². The lowest BCUT2D eigenvalue weighted by atomic mass is 9.85. The van der Waals surface area contributed by atoms with E-state index in [9.17, 15) is 5.26 Å². The zero-order valence-electron chi connectivity index (χ0n) is 13.8. The standard InChI is InChI=1S/C21H25N/c1-21(2,3)20-14-12-18(13-15-20)19(16-22)11-7-10-17-8-5-4-6-9-17/h4-6,8-9,12-15,19H,7,10-11H2,1-3H3. The SMILES string of the molecule is CC(C)(C)c1ccc(C(C#N)CCCc2ccccc2)cc1. The molecule has 2 aromatic carbocycles. The second-order valence-corrected chi connectivity index (χ2v) is 6.93. The molecule has 0 radical (unpaired) electrons. The Morgan fingerprint density at radius 2 is 1.59 bits per heavy atom. The Kier molecular flexibility index (Phi) is 5.39. The van der Waals surface area contributed by atoms with Gasteiger partial charge in [0.05, 0.1) is 12.0 Å². The molecule has 1 nitrogen and oxygen atoms in total. The zero-order chi connectivity index (χ0) is 16.0. The highest BCUT2D eigenvalue weighted by molar-refractivity contribution is 5.32. The van der Waals surface area contributed by atoms with Gasteiger partial charge in [-0.2, -0.15) is 5.26 Å². The minimum absolute atomic E-state index is 0.00210. The van der Waals surface area contributed by atoms with Gasteiger partial charge >= 0.3 is 0 Å². The molecule has 2 rings (SSSR count). The van der Waals surface area contributed by atoms with Crippen molar-refractivity contribution in [3.05, 3.63) is 71.3 Å². The first-order chi connectivity index (χ1) is 10.5. The largest absolute Gasteiger partial charge is 0.198 e. The predicted molar refractivity (Wildman–Crippen MR) is 92.9 cm³/mol. The van der Waals surface area contributed by atoms with Gasteiger partial charge in [0, 0.05) is 0 Å². The Labute approximate surface area is 134 Å². The van der Waals surface area contributed by atoms with E-state index in [0.717, 1.165) is 24.8 Å². The summed E-state index contributed by atoms with van der Waals surface area (Å²) in [6, 6.07) is 21.5. The van der Waals surface area contributed by atoms with E-state index >= 15 is 0 Å². The fraction of sp³-hybridized carbons (Fsp3) is 0.381. The van der Waals surface area contributed by atoms with Crippen molar-refractivity contribution in [1.82, 2.24) is 0 Å². The summed E-state index contributed by atoms with van der Waals surface area (Å²) in [7, 11) is 0. The van der Waals surface area contributed by atoms with Gasteiger partial charge in [0.15, 0.2) is 0 Å². The maximum absolute atomic E-state index is 9.46. The van der Waals surface area contributed by atoms with Crippen molar-refractivity contribution in [2.24, 2.45) is 0 Å². The molecule has 0 fully saturated rings. The molecule has 114 valence electrons. The maximum atomic E-state index is 9.46. The van der Waals surface area contributed by atoms with Crippen LogP contribution in [0.4, 0.5) is 0 Å². The molecule has 0 spiro atoms. The smallest absolute Gasteiger partial charge is 0.0712 e. The highest BCUT2D eigenvalue weighted by atomic mass is 14.3. The van der Waals surface area contributed by atoms with E-state index in [0.29, 0.717) is 0 Å². The summed E-state index contributed by atoms with van der Waals surface area (Å²) in [6.07, 6.45) is 3.00. The molecule has 0 heterocycles. The summed E-state index contributed by atoms with van der Waals surface area (Å²) in [5.74, 6) is -0.00210. The molecule has 0 aliphatic carbocycles. The molecule has 0 aromatic heterocycles. The molecule has 1 unspecified atom stereocenters. The Hall–Kier alpha value is -2.07.